The molecule has 0 bridgehead atoms. The van der Waals surface area contributed by atoms with Crippen LogP contribution in [0.15, 0.2) is 54.7 Å². The molecule has 0 aliphatic rings. The van der Waals surface area contributed by atoms with Crippen LogP contribution in [-0.4, -0.2) is 34.8 Å². The summed E-state index contributed by atoms with van der Waals surface area (Å²) in [5, 5.41) is 15.7. The zero-order chi connectivity index (χ0) is 22.2. The highest BCUT2D eigenvalue weighted by Crippen LogP contribution is 2.25. The van der Waals surface area contributed by atoms with Crippen molar-refractivity contribution in [2.75, 3.05) is 13.2 Å². The summed E-state index contributed by atoms with van der Waals surface area (Å²) in [5.74, 6) is -1.07. The van der Waals surface area contributed by atoms with Crippen LogP contribution in [-0.2, 0) is 16.1 Å². The van der Waals surface area contributed by atoms with Gasteiger partial charge in [-0.2, -0.15) is 10.4 Å². The second kappa shape index (κ2) is 10.2. The highest BCUT2D eigenvalue weighted by Gasteiger charge is 2.21. The smallest absolute Gasteiger partial charge is 0.342 e. The van der Waals surface area contributed by atoms with Crippen LogP contribution in [0, 0.1) is 25.2 Å². The molecule has 0 atom stereocenters. The molecule has 0 saturated carbocycles. The first-order valence-electron chi connectivity index (χ1n) is 9.97. The van der Waals surface area contributed by atoms with E-state index in [1.54, 1.807) is 10.9 Å². The predicted octanol–water partition coefficient (Wildman–Crippen LogP) is 3.40. The molecule has 0 aliphatic heterocycles. The van der Waals surface area contributed by atoms with Crippen molar-refractivity contribution in [3.05, 3.63) is 77.0 Å². The Morgan fingerprint density at radius 2 is 1.90 bits per heavy atom. The van der Waals surface area contributed by atoms with Crippen LogP contribution >= 0.6 is 0 Å². The quantitative estimate of drug-likeness (QED) is 0.448. The number of benzene rings is 2. The van der Waals surface area contributed by atoms with Gasteiger partial charge in [-0.05, 0) is 36.6 Å². The van der Waals surface area contributed by atoms with Gasteiger partial charge in [0.1, 0.15) is 11.3 Å². The highest BCUT2D eigenvalue weighted by molar-refractivity contribution is 5.97. The summed E-state index contributed by atoms with van der Waals surface area (Å²) in [5.41, 5.74) is 4.89. The number of hydrogen-bond donors (Lipinski definition) is 1. The second-order valence-corrected chi connectivity index (χ2v) is 7.21. The fraction of sp³-hybridized carbons (Fsp3) is 0.250. The summed E-state index contributed by atoms with van der Waals surface area (Å²) in [7, 11) is 0. The van der Waals surface area contributed by atoms with Crippen LogP contribution in [0.2, 0.25) is 0 Å². The van der Waals surface area contributed by atoms with E-state index in [1.165, 1.54) is 0 Å². The number of amides is 1. The first kappa shape index (κ1) is 21.8. The molecule has 7 nitrogen and oxygen atoms in total. The summed E-state index contributed by atoms with van der Waals surface area (Å²) in [4.78, 5) is 24.6. The summed E-state index contributed by atoms with van der Waals surface area (Å²) in [6.45, 7) is 4.33. The molecule has 1 amide bonds. The Morgan fingerprint density at radius 3 is 2.61 bits per heavy atom. The molecule has 158 valence electrons. The number of aryl methyl sites for hydroxylation is 2. The maximum absolute atomic E-state index is 12.8. The number of esters is 1. The van der Waals surface area contributed by atoms with E-state index in [0.717, 1.165) is 22.3 Å². The molecule has 0 radical (unpaired) electrons. The van der Waals surface area contributed by atoms with Gasteiger partial charge in [-0.1, -0.05) is 42.5 Å². The summed E-state index contributed by atoms with van der Waals surface area (Å²) >= 11 is 0. The molecule has 31 heavy (non-hydrogen) atoms. The number of rotatable bonds is 8. The first-order valence-corrected chi connectivity index (χ1v) is 9.97. The fourth-order valence-corrected chi connectivity index (χ4v) is 3.04. The Kier molecular flexibility index (Phi) is 7.17. The molecule has 0 fully saturated rings. The molecule has 7 heteroatoms. The van der Waals surface area contributed by atoms with E-state index in [-0.39, 0.29) is 13.0 Å². The molecule has 3 rings (SSSR count). The lowest BCUT2D eigenvalue weighted by Crippen LogP contribution is -2.29. The number of nitriles is 1. The zero-order valence-corrected chi connectivity index (χ0v) is 17.6. The van der Waals surface area contributed by atoms with Crippen molar-refractivity contribution >= 4 is 11.9 Å². The van der Waals surface area contributed by atoms with E-state index >= 15 is 0 Å². The van der Waals surface area contributed by atoms with E-state index in [1.807, 2.05) is 68.4 Å². The van der Waals surface area contributed by atoms with Gasteiger partial charge in [0.15, 0.2) is 6.61 Å². The van der Waals surface area contributed by atoms with Gasteiger partial charge in [-0.25, -0.2) is 4.79 Å². The van der Waals surface area contributed by atoms with Gasteiger partial charge in [0.25, 0.3) is 5.91 Å². The van der Waals surface area contributed by atoms with Crippen LogP contribution in [0.1, 0.15) is 33.5 Å². The van der Waals surface area contributed by atoms with Gasteiger partial charge < -0.3 is 10.1 Å². The van der Waals surface area contributed by atoms with Crippen LogP contribution in [0.5, 0.6) is 0 Å². The maximum Gasteiger partial charge on any atom is 0.342 e. The molecule has 0 unspecified atom stereocenters. The van der Waals surface area contributed by atoms with Gasteiger partial charge in [0, 0.05) is 18.3 Å². The van der Waals surface area contributed by atoms with Crippen LogP contribution in [0.4, 0.5) is 0 Å². The standard InChI is InChI=1S/C24H24N4O3/c1-17-9-10-20(13-18(17)2)23-21(24(30)31-16-22(29)26-12-6-11-25)15-28(27-23)14-19-7-4-3-5-8-19/h3-5,7-10,13,15H,6,12,14,16H2,1-2H3,(H,26,29). The van der Waals surface area contributed by atoms with Gasteiger partial charge in [-0.15, -0.1) is 0 Å². The summed E-state index contributed by atoms with van der Waals surface area (Å²) in [6, 6.07) is 17.6. The normalized spacial score (nSPS) is 10.4. The minimum absolute atomic E-state index is 0.197. The average molecular weight is 416 g/mol. The van der Waals surface area contributed by atoms with Crippen molar-refractivity contribution in [1.29, 1.82) is 5.26 Å². The molecule has 2 aromatic carbocycles. The van der Waals surface area contributed by atoms with Gasteiger partial charge in [0.05, 0.1) is 19.0 Å². The van der Waals surface area contributed by atoms with Gasteiger partial charge >= 0.3 is 5.97 Å². The third-order valence-corrected chi connectivity index (χ3v) is 4.84. The first-order chi connectivity index (χ1) is 15.0. The minimum atomic E-state index is -0.622. The third-order valence-electron chi connectivity index (χ3n) is 4.84. The van der Waals surface area contributed by atoms with Crippen molar-refractivity contribution in [3.8, 4) is 17.3 Å². The lowest BCUT2D eigenvalue weighted by Gasteiger charge is -2.07. The number of carbonyl (C=O) groups excluding carboxylic acids is 2. The van der Waals surface area contributed by atoms with E-state index < -0.39 is 18.5 Å². The molecular formula is C24H24N4O3. The van der Waals surface area contributed by atoms with Crippen molar-refractivity contribution in [3.63, 3.8) is 0 Å². The minimum Gasteiger partial charge on any atom is -0.452 e. The van der Waals surface area contributed by atoms with Crippen molar-refractivity contribution < 1.29 is 14.3 Å². The predicted molar refractivity (Wildman–Crippen MR) is 116 cm³/mol. The molecule has 1 N–H and O–H groups in total. The lowest BCUT2D eigenvalue weighted by atomic mass is 10.0. The summed E-state index contributed by atoms with van der Waals surface area (Å²) < 4.78 is 6.91. The number of nitrogens with one attached hydrogen (secondary N) is 1. The fourth-order valence-electron chi connectivity index (χ4n) is 3.04. The molecule has 1 aromatic heterocycles. The number of aromatic nitrogens is 2. The molecule has 3 aromatic rings. The Morgan fingerprint density at radius 1 is 1.13 bits per heavy atom. The molecule has 1 heterocycles. The topological polar surface area (TPSA) is 97.0 Å². The number of ether oxygens (including phenoxy) is 1. The van der Waals surface area contributed by atoms with Crippen molar-refractivity contribution in [2.45, 2.75) is 26.8 Å². The summed E-state index contributed by atoms with van der Waals surface area (Å²) in [6.07, 6.45) is 1.84. The van der Waals surface area contributed by atoms with Crippen LogP contribution < -0.4 is 5.32 Å². The number of nitrogens with zero attached hydrogens (tertiary/aromatic N) is 3. The van der Waals surface area contributed by atoms with E-state index in [2.05, 4.69) is 10.4 Å². The van der Waals surface area contributed by atoms with Gasteiger partial charge in [0.2, 0.25) is 0 Å². The zero-order valence-electron chi connectivity index (χ0n) is 17.6. The van der Waals surface area contributed by atoms with Crippen LogP contribution in [0.3, 0.4) is 0 Å². The monoisotopic (exact) mass is 416 g/mol. The molecular weight excluding hydrogens is 392 g/mol. The SMILES string of the molecule is Cc1ccc(-c2nn(Cc3ccccc3)cc2C(=O)OCC(=O)NCCC#N)cc1C. The number of hydrogen-bond acceptors (Lipinski definition) is 5. The number of carbonyl (C=O) groups is 2. The average Bonchev–Trinajstić information content (AvgIpc) is 3.18. The third kappa shape index (κ3) is 5.80. The van der Waals surface area contributed by atoms with Crippen molar-refractivity contribution in [1.82, 2.24) is 15.1 Å². The van der Waals surface area contributed by atoms with Crippen LogP contribution in [0.25, 0.3) is 11.3 Å². The molecule has 0 saturated heterocycles. The lowest BCUT2D eigenvalue weighted by molar-refractivity contribution is -0.124. The molecule has 0 spiro atoms. The van der Waals surface area contributed by atoms with E-state index in [9.17, 15) is 9.59 Å². The molecule has 0 aliphatic carbocycles. The Hall–Kier alpha value is -3.92. The van der Waals surface area contributed by atoms with E-state index in [0.29, 0.717) is 17.8 Å². The van der Waals surface area contributed by atoms with E-state index in [4.69, 9.17) is 10.00 Å². The Labute approximate surface area is 181 Å². The van der Waals surface area contributed by atoms with Crippen molar-refractivity contribution in [2.24, 2.45) is 0 Å². The largest absolute Gasteiger partial charge is 0.452 e. The maximum atomic E-state index is 12.8. The Balaban J connectivity index is 1.84. The second-order valence-electron chi connectivity index (χ2n) is 7.21. The highest BCUT2D eigenvalue weighted by atomic mass is 16.5. The van der Waals surface area contributed by atoms with Gasteiger partial charge in [-0.3, -0.25) is 9.48 Å². The Bertz CT molecular complexity index is 1110.